The first-order valence-corrected chi connectivity index (χ1v) is 3.97. The molecule has 0 aliphatic heterocycles. The third-order valence-corrected chi connectivity index (χ3v) is 1.73. The minimum atomic E-state index is -0.645. The number of methoxy groups -OCH3 is 1. The summed E-state index contributed by atoms with van der Waals surface area (Å²) in [4.78, 5) is 21.5. The largest absolute Gasteiger partial charge is 0.468 e. The van der Waals surface area contributed by atoms with E-state index in [1.165, 1.54) is 7.11 Å². The van der Waals surface area contributed by atoms with Gasteiger partial charge < -0.3 is 15.8 Å². The van der Waals surface area contributed by atoms with Crippen LogP contribution in [0.15, 0.2) is 0 Å². The summed E-state index contributed by atoms with van der Waals surface area (Å²) in [5.74, 6) is -0.759. The van der Waals surface area contributed by atoms with Crippen LogP contribution in [0.4, 0.5) is 0 Å². The first-order chi connectivity index (χ1) is 5.90. The van der Waals surface area contributed by atoms with Crippen LogP contribution in [-0.2, 0) is 14.3 Å². The Morgan fingerprint density at radius 3 is 2.38 bits per heavy atom. The van der Waals surface area contributed by atoms with Crippen molar-refractivity contribution in [2.45, 2.75) is 13.8 Å². The number of esters is 1. The molecule has 0 aliphatic rings. The van der Waals surface area contributed by atoms with Crippen LogP contribution in [-0.4, -0.2) is 32.1 Å². The van der Waals surface area contributed by atoms with Gasteiger partial charge in [-0.25, -0.2) is 0 Å². The third-order valence-electron chi connectivity index (χ3n) is 1.73. The molecular formula is C8H16N2O3. The molecule has 0 aromatic heterocycles. The Bertz CT molecular complexity index is 202. The van der Waals surface area contributed by atoms with Crippen LogP contribution in [0.2, 0.25) is 0 Å². The van der Waals surface area contributed by atoms with Crippen LogP contribution < -0.4 is 11.1 Å². The Hall–Kier alpha value is -1.10. The number of hydrogen-bond donors (Lipinski definition) is 2. The topological polar surface area (TPSA) is 81.4 Å². The van der Waals surface area contributed by atoms with Gasteiger partial charge in [-0.2, -0.15) is 0 Å². The normalized spacial score (nSPS) is 11.0. The van der Waals surface area contributed by atoms with Gasteiger partial charge in [-0.1, -0.05) is 0 Å². The third kappa shape index (κ3) is 4.47. The SMILES string of the molecule is COC(=O)CNCC(C)(C)C(N)=O. The van der Waals surface area contributed by atoms with Crippen molar-refractivity contribution in [3.05, 3.63) is 0 Å². The molecule has 0 spiro atoms. The first kappa shape index (κ1) is 11.9. The molecule has 5 nitrogen and oxygen atoms in total. The van der Waals surface area contributed by atoms with Crippen molar-refractivity contribution in [1.82, 2.24) is 5.32 Å². The quantitative estimate of drug-likeness (QED) is 0.557. The average Bonchev–Trinajstić information content (AvgIpc) is 2.03. The van der Waals surface area contributed by atoms with Gasteiger partial charge in [0.15, 0.2) is 0 Å². The van der Waals surface area contributed by atoms with Crippen LogP contribution in [0.3, 0.4) is 0 Å². The highest BCUT2D eigenvalue weighted by molar-refractivity contribution is 5.80. The highest BCUT2D eigenvalue weighted by Crippen LogP contribution is 2.11. The van der Waals surface area contributed by atoms with Gasteiger partial charge in [0.05, 0.1) is 19.1 Å². The molecule has 0 fully saturated rings. The van der Waals surface area contributed by atoms with Gasteiger partial charge in [-0.3, -0.25) is 9.59 Å². The molecule has 0 rings (SSSR count). The second-order valence-corrected chi connectivity index (χ2v) is 3.43. The molecule has 0 saturated heterocycles. The summed E-state index contributed by atoms with van der Waals surface area (Å²) in [6, 6.07) is 0. The molecule has 1 amide bonds. The van der Waals surface area contributed by atoms with Crippen molar-refractivity contribution in [2.75, 3.05) is 20.2 Å². The van der Waals surface area contributed by atoms with Crippen molar-refractivity contribution in [1.29, 1.82) is 0 Å². The van der Waals surface area contributed by atoms with Gasteiger partial charge in [0.25, 0.3) is 0 Å². The van der Waals surface area contributed by atoms with Crippen molar-refractivity contribution in [3.63, 3.8) is 0 Å². The van der Waals surface area contributed by atoms with E-state index in [9.17, 15) is 9.59 Å². The fraction of sp³-hybridized carbons (Fsp3) is 0.750. The number of primary amides is 1. The fourth-order valence-electron chi connectivity index (χ4n) is 0.636. The maximum absolute atomic E-state index is 10.8. The molecule has 76 valence electrons. The van der Waals surface area contributed by atoms with E-state index in [4.69, 9.17) is 5.73 Å². The Labute approximate surface area is 77.6 Å². The molecule has 0 bridgehead atoms. The number of carbonyl (C=O) groups is 2. The number of rotatable bonds is 5. The lowest BCUT2D eigenvalue weighted by atomic mass is 9.93. The van der Waals surface area contributed by atoms with E-state index in [0.717, 1.165) is 0 Å². The molecule has 0 unspecified atom stereocenters. The summed E-state index contributed by atoms with van der Waals surface area (Å²) in [6.45, 7) is 3.86. The van der Waals surface area contributed by atoms with E-state index >= 15 is 0 Å². The van der Waals surface area contributed by atoms with E-state index in [2.05, 4.69) is 10.1 Å². The smallest absolute Gasteiger partial charge is 0.319 e. The van der Waals surface area contributed by atoms with Gasteiger partial charge in [0, 0.05) is 6.54 Å². The van der Waals surface area contributed by atoms with E-state index < -0.39 is 11.3 Å². The molecule has 0 radical (unpaired) electrons. The number of nitrogens with one attached hydrogen (secondary N) is 1. The number of amides is 1. The maximum atomic E-state index is 10.8. The standard InChI is InChI=1S/C8H16N2O3/c1-8(2,7(9)12)5-10-4-6(11)13-3/h10H,4-5H2,1-3H3,(H2,9,12). The second-order valence-electron chi connectivity index (χ2n) is 3.43. The molecular weight excluding hydrogens is 172 g/mol. The molecule has 13 heavy (non-hydrogen) atoms. The average molecular weight is 188 g/mol. The Morgan fingerprint density at radius 2 is 2.00 bits per heavy atom. The lowest BCUT2D eigenvalue weighted by Crippen LogP contribution is -2.41. The van der Waals surface area contributed by atoms with E-state index in [1.807, 2.05) is 0 Å². The Kier molecular flexibility index (Phi) is 4.40. The highest BCUT2D eigenvalue weighted by Gasteiger charge is 2.24. The van der Waals surface area contributed by atoms with Gasteiger partial charge in [-0.05, 0) is 13.8 Å². The fourth-order valence-corrected chi connectivity index (χ4v) is 0.636. The zero-order chi connectivity index (χ0) is 10.5. The molecule has 5 heteroatoms. The predicted molar refractivity (Wildman–Crippen MR) is 47.9 cm³/mol. The zero-order valence-electron chi connectivity index (χ0n) is 8.22. The van der Waals surface area contributed by atoms with Crippen molar-refractivity contribution in [2.24, 2.45) is 11.1 Å². The summed E-state index contributed by atoms with van der Waals surface area (Å²) in [6.07, 6.45) is 0. The maximum Gasteiger partial charge on any atom is 0.319 e. The summed E-state index contributed by atoms with van der Waals surface area (Å²) in [5.41, 5.74) is 4.48. The van der Waals surface area contributed by atoms with Crippen LogP contribution in [0.25, 0.3) is 0 Å². The van der Waals surface area contributed by atoms with Crippen LogP contribution >= 0.6 is 0 Å². The first-order valence-electron chi connectivity index (χ1n) is 3.97. The van der Waals surface area contributed by atoms with Crippen molar-refractivity contribution in [3.8, 4) is 0 Å². The predicted octanol–water partition coefficient (Wildman–Crippen LogP) is -0.739. The Morgan fingerprint density at radius 1 is 1.46 bits per heavy atom. The van der Waals surface area contributed by atoms with Gasteiger partial charge in [0.1, 0.15) is 0 Å². The monoisotopic (exact) mass is 188 g/mol. The zero-order valence-corrected chi connectivity index (χ0v) is 8.22. The summed E-state index contributed by atoms with van der Waals surface area (Å²) >= 11 is 0. The summed E-state index contributed by atoms with van der Waals surface area (Å²) < 4.78 is 4.41. The van der Waals surface area contributed by atoms with E-state index in [-0.39, 0.29) is 12.5 Å². The van der Waals surface area contributed by atoms with Crippen LogP contribution in [0, 0.1) is 5.41 Å². The molecule has 0 atom stereocenters. The number of carbonyl (C=O) groups excluding carboxylic acids is 2. The van der Waals surface area contributed by atoms with E-state index in [1.54, 1.807) is 13.8 Å². The van der Waals surface area contributed by atoms with Crippen molar-refractivity contribution < 1.29 is 14.3 Å². The number of nitrogens with two attached hydrogens (primary N) is 1. The minimum Gasteiger partial charge on any atom is -0.468 e. The van der Waals surface area contributed by atoms with E-state index in [0.29, 0.717) is 6.54 Å². The molecule has 0 aliphatic carbocycles. The van der Waals surface area contributed by atoms with Gasteiger partial charge in [0.2, 0.25) is 5.91 Å². The summed E-state index contributed by atoms with van der Waals surface area (Å²) in [5, 5.41) is 2.78. The minimum absolute atomic E-state index is 0.0905. The van der Waals surface area contributed by atoms with Crippen LogP contribution in [0.1, 0.15) is 13.8 Å². The number of hydrogen-bond acceptors (Lipinski definition) is 4. The number of ether oxygens (including phenoxy) is 1. The lowest BCUT2D eigenvalue weighted by molar-refractivity contribution is -0.140. The van der Waals surface area contributed by atoms with Crippen molar-refractivity contribution >= 4 is 11.9 Å². The van der Waals surface area contributed by atoms with Gasteiger partial charge >= 0.3 is 5.97 Å². The second kappa shape index (κ2) is 4.81. The lowest BCUT2D eigenvalue weighted by Gasteiger charge is -2.20. The molecule has 0 saturated carbocycles. The Balaban J connectivity index is 3.76. The summed E-state index contributed by atoms with van der Waals surface area (Å²) in [7, 11) is 1.31. The molecule has 3 N–H and O–H groups in total. The molecule has 0 aromatic carbocycles. The molecule has 0 aromatic rings. The van der Waals surface area contributed by atoms with Crippen LogP contribution in [0.5, 0.6) is 0 Å². The highest BCUT2D eigenvalue weighted by atomic mass is 16.5. The molecule has 0 heterocycles. The van der Waals surface area contributed by atoms with Gasteiger partial charge in [-0.15, -0.1) is 0 Å².